The molecule has 7 heteroatoms. The number of benzene rings is 1. The van der Waals surface area contributed by atoms with E-state index >= 15 is 0 Å². The van der Waals surface area contributed by atoms with Crippen molar-refractivity contribution in [2.24, 2.45) is 0 Å². The van der Waals surface area contributed by atoms with Gasteiger partial charge in [0.1, 0.15) is 0 Å². The molecule has 0 aliphatic rings. The summed E-state index contributed by atoms with van der Waals surface area (Å²) in [4.78, 5) is 30.0. The Kier molecular flexibility index (Phi) is 8.92. The SMILES string of the molecule is O=C(CCCCCCSc1nc(CCc2ccccc2)cc(=O)[nH]1)NO. The highest BCUT2D eigenvalue weighted by Gasteiger charge is 2.04. The average molecular weight is 375 g/mol. The van der Waals surface area contributed by atoms with Crippen molar-refractivity contribution in [3.05, 3.63) is 58.0 Å². The van der Waals surface area contributed by atoms with Gasteiger partial charge in [0.2, 0.25) is 5.91 Å². The van der Waals surface area contributed by atoms with Crippen molar-refractivity contribution < 1.29 is 10.0 Å². The molecule has 0 radical (unpaired) electrons. The number of aromatic amines is 1. The minimum Gasteiger partial charge on any atom is -0.301 e. The van der Waals surface area contributed by atoms with E-state index in [2.05, 4.69) is 22.1 Å². The fourth-order valence-electron chi connectivity index (χ4n) is 2.56. The summed E-state index contributed by atoms with van der Waals surface area (Å²) in [6.07, 6.45) is 5.66. The van der Waals surface area contributed by atoms with Gasteiger partial charge in [0.25, 0.3) is 5.56 Å². The van der Waals surface area contributed by atoms with E-state index in [1.54, 1.807) is 23.3 Å². The maximum absolute atomic E-state index is 11.8. The molecule has 1 amide bonds. The predicted octanol–water partition coefficient (Wildman–Crippen LogP) is 3.10. The van der Waals surface area contributed by atoms with Crippen LogP contribution in [0.1, 0.15) is 43.4 Å². The lowest BCUT2D eigenvalue weighted by Gasteiger charge is -2.05. The van der Waals surface area contributed by atoms with Gasteiger partial charge in [-0.3, -0.25) is 14.8 Å². The van der Waals surface area contributed by atoms with E-state index in [4.69, 9.17) is 5.21 Å². The average Bonchev–Trinajstić information content (AvgIpc) is 2.66. The molecule has 0 fully saturated rings. The minimum atomic E-state index is -0.339. The standard InChI is InChI=1S/C19H25N3O3S/c23-17(22-25)10-6-1-2-7-13-26-19-20-16(14-18(24)21-19)12-11-15-8-4-3-5-9-15/h3-5,8-9,14,25H,1-2,6-7,10-13H2,(H,22,23)(H,20,21,24). The summed E-state index contributed by atoms with van der Waals surface area (Å²) in [6, 6.07) is 11.7. The Hall–Kier alpha value is -2.12. The lowest BCUT2D eigenvalue weighted by atomic mass is 10.1. The maximum atomic E-state index is 11.8. The molecule has 0 atom stereocenters. The number of nitrogens with zero attached hydrogens (tertiary/aromatic N) is 1. The van der Waals surface area contributed by atoms with Crippen LogP contribution in [0.25, 0.3) is 0 Å². The largest absolute Gasteiger partial charge is 0.301 e. The van der Waals surface area contributed by atoms with Gasteiger partial charge in [0.15, 0.2) is 5.16 Å². The molecule has 6 nitrogen and oxygen atoms in total. The Morgan fingerprint density at radius 3 is 2.65 bits per heavy atom. The molecular formula is C19H25N3O3S. The van der Waals surface area contributed by atoms with Crippen LogP contribution < -0.4 is 11.0 Å². The third kappa shape index (κ3) is 7.84. The van der Waals surface area contributed by atoms with Gasteiger partial charge >= 0.3 is 0 Å². The molecule has 2 aromatic rings. The van der Waals surface area contributed by atoms with Gasteiger partial charge < -0.3 is 4.98 Å². The summed E-state index contributed by atoms with van der Waals surface area (Å²) in [6.45, 7) is 0. The van der Waals surface area contributed by atoms with Crippen LogP contribution in [0.2, 0.25) is 0 Å². The van der Waals surface area contributed by atoms with Crippen LogP contribution in [0.15, 0.2) is 46.3 Å². The first-order valence-corrected chi connectivity index (χ1v) is 9.86. The summed E-state index contributed by atoms with van der Waals surface area (Å²) < 4.78 is 0. The molecule has 1 heterocycles. The van der Waals surface area contributed by atoms with Crippen LogP contribution in [0.3, 0.4) is 0 Å². The molecule has 26 heavy (non-hydrogen) atoms. The lowest BCUT2D eigenvalue weighted by Crippen LogP contribution is -2.17. The van der Waals surface area contributed by atoms with Crippen LogP contribution in [-0.4, -0.2) is 26.8 Å². The third-order valence-electron chi connectivity index (χ3n) is 3.95. The van der Waals surface area contributed by atoms with Crippen LogP contribution in [0.5, 0.6) is 0 Å². The predicted molar refractivity (Wildman–Crippen MR) is 102 cm³/mol. The first-order valence-electron chi connectivity index (χ1n) is 8.87. The Morgan fingerprint density at radius 1 is 1.12 bits per heavy atom. The fourth-order valence-corrected chi connectivity index (χ4v) is 3.46. The summed E-state index contributed by atoms with van der Waals surface area (Å²) >= 11 is 1.55. The number of nitrogens with one attached hydrogen (secondary N) is 2. The van der Waals surface area contributed by atoms with Gasteiger partial charge in [-0.15, -0.1) is 0 Å². The molecule has 2 rings (SSSR count). The molecule has 3 N–H and O–H groups in total. The molecule has 1 aromatic heterocycles. The maximum Gasteiger partial charge on any atom is 0.251 e. The van der Waals surface area contributed by atoms with Crippen molar-refractivity contribution in [1.29, 1.82) is 0 Å². The van der Waals surface area contributed by atoms with E-state index in [9.17, 15) is 9.59 Å². The summed E-state index contributed by atoms with van der Waals surface area (Å²) in [5, 5.41) is 9.08. The van der Waals surface area contributed by atoms with Gasteiger partial charge in [-0.1, -0.05) is 54.9 Å². The van der Waals surface area contributed by atoms with Crippen molar-refractivity contribution >= 4 is 17.7 Å². The van der Waals surface area contributed by atoms with Crippen molar-refractivity contribution in [2.45, 2.75) is 50.1 Å². The Morgan fingerprint density at radius 2 is 1.88 bits per heavy atom. The van der Waals surface area contributed by atoms with Gasteiger partial charge in [0, 0.05) is 23.9 Å². The quantitative estimate of drug-likeness (QED) is 0.184. The highest BCUT2D eigenvalue weighted by Crippen LogP contribution is 2.15. The zero-order chi connectivity index (χ0) is 18.6. The number of aromatic nitrogens is 2. The van der Waals surface area contributed by atoms with Gasteiger partial charge in [-0.25, -0.2) is 10.5 Å². The van der Waals surface area contributed by atoms with Crippen molar-refractivity contribution in [3.8, 4) is 0 Å². The zero-order valence-electron chi connectivity index (χ0n) is 14.7. The molecule has 0 aliphatic carbocycles. The molecule has 0 bridgehead atoms. The second kappa shape index (κ2) is 11.5. The minimum absolute atomic E-state index is 0.111. The molecule has 1 aromatic carbocycles. The van der Waals surface area contributed by atoms with E-state index in [1.165, 1.54) is 5.56 Å². The number of unbranched alkanes of at least 4 members (excludes halogenated alkanes) is 3. The smallest absolute Gasteiger partial charge is 0.251 e. The molecule has 140 valence electrons. The topological polar surface area (TPSA) is 95.1 Å². The normalized spacial score (nSPS) is 10.7. The van der Waals surface area contributed by atoms with Crippen LogP contribution in [0.4, 0.5) is 0 Å². The molecule has 0 aliphatic heterocycles. The molecular weight excluding hydrogens is 350 g/mol. The highest BCUT2D eigenvalue weighted by molar-refractivity contribution is 7.99. The van der Waals surface area contributed by atoms with E-state index < -0.39 is 0 Å². The first kappa shape index (κ1) is 20.2. The zero-order valence-corrected chi connectivity index (χ0v) is 15.6. The number of hydroxylamine groups is 1. The van der Waals surface area contributed by atoms with E-state index in [0.717, 1.165) is 50.0 Å². The fraction of sp³-hybridized carbons (Fsp3) is 0.421. The monoisotopic (exact) mass is 375 g/mol. The Balaban J connectivity index is 1.71. The van der Waals surface area contributed by atoms with E-state index in [-0.39, 0.29) is 11.5 Å². The number of H-pyrrole nitrogens is 1. The first-order chi connectivity index (χ1) is 12.7. The lowest BCUT2D eigenvalue weighted by molar-refractivity contribution is -0.129. The van der Waals surface area contributed by atoms with Gasteiger partial charge in [-0.2, -0.15) is 0 Å². The van der Waals surface area contributed by atoms with Crippen molar-refractivity contribution in [1.82, 2.24) is 15.4 Å². The van der Waals surface area contributed by atoms with Crippen LogP contribution >= 0.6 is 11.8 Å². The summed E-state index contributed by atoms with van der Waals surface area (Å²) in [7, 11) is 0. The van der Waals surface area contributed by atoms with Crippen LogP contribution in [-0.2, 0) is 17.6 Å². The third-order valence-corrected chi connectivity index (χ3v) is 4.91. The number of hydrogen-bond donors (Lipinski definition) is 3. The molecule has 0 spiro atoms. The second-order valence-corrected chi connectivity index (χ2v) is 7.16. The number of rotatable bonds is 11. The number of thioether (sulfide) groups is 1. The van der Waals surface area contributed by atoms with E-state index in [0.29, 0.717) is 11.6 Å². The summed E-state index contributed by atoms with van der Waals surface area (Å²) in [5.74, 6) is 0.533. The number of carbonyl (C=O) groups excluding carboxylic acids is 1. The second-order valence-electron chi connectivity index (χ2n) is 6.08. The van der Waals surface area contributed by atoms with Gasteiger partial charge in [0.05, 0.1) is 0 Å². The Labute approximate surface area is 157 Å². The molecule has 0 saturated carbocycles. The van der Waals surface area contributed by atoms with Gasteiger partial charge in [-0.05, 0) is 31.2 Å². The number of amides is 1. The number of aryl methyl sites for hydroxylation is 2. The molecule has 0 saturated heterocycles. The molecule has 0 unspecified atom stereocenters. The van der Waals surface area contributed by atoms with Crippen LogP contribution in [0, 0.1) is 0 Å². The highest BCUT2D eigenvalue weighted by atomic mass is 32.2. The Bertz CT molecular complexity index is 734. The number of hydrogen-bond acceptors (Lipinski definition) is 5. The van der Waals surface area contributed by atoms with Crippen molar-refractivity contribution in [2.75, 3.05) is 5.75 Å². The van der Waals surface area contributed by atoms with Crippen molar-refractivity contribution in [3.63, 3.8) is 0 Å². The number of carbonyl (C=O) groups is 1. The van der Waals surface area contributed by atoms with E-state index in [1.807, 2.05) is 18.2 Å². The summed E-state index contributed by atoms with van der Waals surface area (Å²) in [5.41, 5.74) is 3.57.